The van der Waals surface area contributed by atoms with Crippen LogP contribution in [0.25, 0.3) is 0 Å². The lowest BCUT2D eigenvalue weighted by Crippen LogP contribution is -2.13. The Labute approximate surface area is 104 Å². The molecule has 8 heteroatoms. The first-order valence-electron chi connectivity index (χ1n) is 5.28. The highest BCUT2D eigenvalue weighted by Crippen LogP contribution is 2.19. The normalized spacial score (nSPS) is 12.2. The number of thioether (sulfide) groups is 1. The largest absolute Gasteiger partial charge is 0.464 e. The van der Waals surface area contributed by atoms with E-state index in [9.17, 15) is 0 Å². The van der Waals surface area contributed by atoms with Crippen LogP contribution in [0.2, 0.25) is 0 Å². The quantitative estimate of drug-likeness (QED) is 0.364. The van der Waals surface area contributed by atoms with Gasteiger partial charge in [-0.2, -0.15) is 15.0 Å². The molecule has 0 aliphatic rings. The van der Waals surface area contributed by atoms with Gasteiger partial charge in [0.25, 0.3) is 0 Å². The summed E-state index contributed by atoms with van der Waals surface area (Å²) in [4.78, 5) is 12.1. The first kappa shape index (κ1) is 13.9. The minimum Gasteiger partial charge on any atom is -0.464 e. The molecule has 0 radical (unpaired) electrons. The molecular formula is C9H17N5O2S. The number of nitrogen functional groups attached to an aromatic ring is 1. The lowest BCUT2D eigenvalue weighted by Gasteiger charge is -2.08. The Balaban J connectivity index is 2.72. The maximum absolute atomic E-state index is 8.93. The van der Waals surface area contributed by atoms with Gasteiger partial charge in [0, 0.05) is 12.4 Å². The average molecular weight is 259 g/mol. The Morgan fingerprint density at radius 1 is 1.47 bits per heavy atom. The summed E-state index contributed by atoms with van der Waals surface area (Å²) in [5.41, 5.74) is 2.36. The fraction of sp³-hybridized carbons (Fsp3) is 0.667. The Kier molecular flexibility index (Phi) is 5.95. The van der Waals surface area contributed by atoms with Crippen LogP contribution in [0, 0.1) is 5.92 Å². The molecule has 7 nitrogen and oxygen atoms in total. The average Bonchev–Trinajstić information content (AvgIpc) is 2.36. The number of aliphatic hydroxyl groups excluding tert-OH is 1. The van der Waals surface area contributed by atoms with E-state index in [1.54, 1.807) is 0 Å². The van der Waals surface area contributed by atoms with E-state index in [-0.39, 0.29) is 24.5 Å². The van der Waals surface area contributed by atoms with Crippen LogP contribution < -0.4 is 16.0 Å². The van der Waals surface area contributed by atoms with Crippen molar-refractivity contribution in [3.05, 3.63) is 0 Å². The van der Waals surface area contributed by atoms with E-state index in [0.717, 1.165) is 5.75 Å². The SMILES string of the molecule is CCOc1nc(NN)nc(SCC(C)CO)n1. The van der Waals surface area contributed by atoms with E-state index in [1.807, 2.05) is 13.8 Å². The highest BCUT2D eigenvalue weighted by atomic mass is 32.2. The summed E-state index contributed by atoms with van der Waals surface area (Å²) in [5.74, 6) is 6.42. The molecule has 0 saturated heterocycles. The molecular weight excluding hydrogens is 242 g/mol. The van der Waals surface area contributed by atoms with Gasteiger partial charge in [0.1, 0.15) is 0 Å². The Morgan fingerprint density at radius 3 is 2.82 bits per heavy atom. The molecule has 0 fully saturated rings. The van der Waals surface area contributed by atoms with Gasteiger partial charge in [0.15, 0.2) is 5.16 Å². The first-order valence-corrected chi connectivity index (χ1v) is 6.27. The Hall–Kier alpha value is -1.12. The zero-order valence-electron chi connectivity index (χ0n) is 9.88. The number of aromatic nitrogens is 3. The molecule has 4 N–H and O–H groups in total. The third-order valence-electron chi connectivity index (χ3n) is 1.81. The minimum atomic E-state index is 0.137. The third-order valence-corrected chi connectivity index (χ3v) is 2.98. The zero-order valence-corrected chi connectivity index (χ0v) is 10.7. The summed E-state index contributed by atoms with van der Waals surface area (Å²) in [6.07, 6.45) is 0. The number of rotatable bonds is 7. The molecule has 96 valence electrons. The molecule has 0 spiro atoms. The topological polar surface area (TPSA) is 106 Å². The Morgan fingerprint density at radius 2 is 2.24 bits per heavy atom. The van der Waals surface area contributed by atoms with Crippen LogP contribution in [0.15, 0.2) is 5.16 Å². The lowest BCUT2D eigenvalue weighted by molar-refractivity contribution is 0.250. The van der Waals surface area contributed by atoms with Crippen LogP contribution in [0.3, 0.4) is 0 Å². The monoisotopic (exact) mass is 259 g/mol. The summed E-state index contributed by atoms with van der Waals surface area (Å²) < 4.78 is 5.20. The van der Waals surface area contributed by atoms with Gasteiger partial charge in [-0.1, -0.05) is 18.7 Å². The zero-order chi connectivity index (χ0) is 12.7. The molecule has 0 aliphatic heterocycles. The molecule has 0 bridgehead atoms. The number of hydrogen-bond donors (Lipinski definition) is 3. The highest BCUT2D eigenvalue weighted by molar-refractivity contribution is 7.99. The molecule has 1 aromatic heterocycles. The maximum atomic E-state index is 8.93. The standard InChI is InChI=1S/C9H17N5O2S/c1-3-16-8-11-7(14-10)12-9(13-8)17-5-6(2)4-15/h6,15H,3-5,10H2,1-2H3,(H,11,12,13,14). The summed E-state index contributed by atoms with van der Waals surface area (Å²) in [5, 5.41) is 9.45. The van der Waals surface area contributed by atoms with Crippen LogP contribution in [-0.4, -0.2) is 39.0 Å². The molecule has 1 heterocycles. The van der Waals surface area contributed by atoms with Crippen molar-refractivity contribution in [2.45, 2.75) is 19.0 Å². The summed E-state index contributed by atoms with van der Waals surface area (Å²) in [6.45, 7) is 4.41. The highest BCUT2D eigenvalue weighted by Gasteiger charge is 2.09. The molecule has 1 unspecified atom stereocenters. The fourth-order valence-electron chi connectivity index (χ4n) is 0.930. The van der Waals surface area contributed by atoms with Gasteiger partial charge in [-0.15, -0.1) is 0 Å². The van der Waals surface area contributed by atoms with Crippen LogP contribution in [0.4, 0.5) is 5.95 Å². The number of nitrogens with two attached hydrogens (primary N) is 1. The minimum absolute atomic E-state index is 0.137. The van der Waals surface area contributed by atoms with E-state index >= 15 is 0 Å². The fourth-order valence-corrected chi connectivity index (χ4v) is 1.76. The number of nitrogens with zero attached hydrogens (tertiary/aromatic N) is 3. The third kappa shape index (κ3) is 4.72. The van der Waals surface area contributed by atoms with Crippen molar-refractivity contribution in [1.29, 1.82) is 0 Å². The van der Waals surface area contributed by atoms with Gasteiger partial charge < -0.3 is 9.84 Å². The molecule has 0 saturated carbocycles. The molecule has 0 amide bonds. The van der Waals surface area contributed by atoms with Crippen molar-refractivity contribution in [2.75, 3.05) is 24.4 Å². The van der Waals surface area contributed by atoms with Gasteiger partial charge >= 0.3 is 6.01 Å². The summed E-state index contributed by atoms with van der Waals surface area (Å²) in [6, 6.07) is 0.245. The molecule has 0 aromatic carbocycles. The number of hydrogen-bond acceptors (Lipinski definition) is 8. The smallest absolute Gasteiger partial charge is 0.322 e. The van der Waals surface area contributed by atoms with Gasteiger partial charge in [0.2, 0.25) is 5.95 Å². The summed E-state index contributed by atoms with van der Waals surface area (Å²) >= 11 is 1.42. The van der Waals surface area contributed by atoms with Gasteiger partial charge in [-0.05, 0) is 12.8 Å². The van der Waals surface area contributed by atoms with Gasteiger partial charge in [-0.3, -0.25) is 5.43 Å². The van der Waals surface area contributed by atoms with Gasteiger partial charge in [-0.25, -0.2) is 5.84 Å². The van der Waals surface area contributed by atoms with E-state index in [0.29, 0.717) is 11.8 Å². The number of hydrazine groups is 1. The van der Waals surface area contributed by atoms with E-state index in [2.05, 4.69) is 20.4 Å². The second-order valence-electron chi connectivity index (χ2n) is 3.40. The van der Waals surface area contributed by atoms with E-state index in [4.69, 9.17) is 15.7 Å². The Bertz CT molecular complexity index is 352. The summed E-state index contributed by atoms with van der Waals surface area (Å²) in [7, 11) is 0. The number of nitrogens with one attached hydrogen (secondary N) is 1. The second kappa shape index (κ2) is 7.25. The lowest BCUT2D eigenvalue weighted by atomic mass is 10.2. The van der Waals surface area contributed by atoms with Crippen molar-refractivity contribution in [3.8, 4) is 6.01 Å². The molecule has 17 heavy (non-hydrogen) atoms. The number of aliphatic hydroxyl groups is 1. The van der Waals surface area contributed by atoms with Crippen molar-refractivity contribution >= 4 is 17.7 Å². The predicted molar refractivity (Wildman–Crippen MR) is 65.8 cm³/mol. The van der Waals surface area contributed by atoms with Crippen LogP contribution >= 0.6 is 11.8 Å². The van der Waals surface area contributed by atoms with Crippen LogP contribution in [-0.2, 0) is 0 Å². The van der Waals surface area contributed by atoms with Crippen LogP contribution in [0.1, 0.15) is 13.8 Å². The van der Waals surface area contributed by atoms with Gasteiger partial charge in [0.05, 0.1) is 6.61 Å². The second-order valence-corrected chi connectivity index (χ2v) is 4.39. The van der Waals surface area contributed by atoms with Crippen molar-refractivity contribution < 1.29 is 9.84 Å². The maximum Gasteiger partial charge on any atom is 0.322 e. The van der Waals surface area contributed by atoms with Crippen molar-refractivity contribution in [3.63, 3.8) is 0 Å². The van der Waals surface area contributed by atoms with E-state index < -0.39 is 0 Å². The first-order chi connectivity index (χ1) is 8.19. The van der Waals surface area contributed by atoms with Crippen LogP contribution in [0.5, 0.6) is 6.01 Å². The molecule has 1 rings (SSSR count). The number of ether oxygens (including phenoxy) is 1. The molecule has 1 atom stereocenters. The molecule has 1 aromatic rings. The molecule has 0 aliphatic carbocycles. The predicted octanol–water partition coefficient (Wildman–Crippen LogP) is 0.276. The van der Waals surface area contributed by atoms with Crippen molar-refractivity contribution in [1.82, 2.24) is 15.0 Å². The number of anilines is 1. The van der Waals surface area contributed by atoms with Crippen molar-refractivity contribution in [2.24, 2.45) is 11.8 Å². The van der Waals surface area contributed by atoms with E-state index in [1.165, 1.54) is 11.8 Å².